The van der Waals surface area contributed by atoms with Gasteiger partial charge in [0.25, 0.3) is 5.91 Å². The summed E-state index contributed by atoms with van der Waals surface area (Å²) in [5, 5.41) is 0. The molecule has 4 atom stereocenters. The quantitative estimate of drug-likeness (QED) is 0.174. The number of rotatable bonds is 9. The highest BCUT2D eigenvalue weighted by Gasteiger charge is 2.38. The van der Waals surface area contributed by atoms with Gasteiger partial charge >= 0.3 is 0 Å². The Labute approximate surface area is 298 Å². The summed E-state index contributed by atoms with van der Waals surface area (Å²) < 4.78 is 5.68. The normalized spacial score (nSPS) is 21.1. The maximum Gasteiger partial charge on any atom is 0.252 e. The van der Waals surface area contributed by atoms with Crippen molar-refractivity contribution in [2.45, 2.75) is 62.8 Å². The van der Waals surface area contributed by atoms with E-state index in [0.29, 0.717) is 6.61 Å². The highest BCUT2D eigenvalue weighted by atomic mass is 16.5. The van der Waals surface area contributed by atoms with Crippen molar-refractivity contribution in [2.24, 2.45) is 0 Å². The van der Waals surface area contributed by atoms with Crippen molar-refractivity contribution >= 4 is 11.8 Å². The Morgan fingerprint density at radius 3 is 1.76 bits per heavy atom. The van der Waals surface area contributed by atoms with E-state index >= 15 is 0 Å². The van der Waals surface area contributed by atoms with E-state index in [1.165, 1.54) is 0 Å². The maximum absolute atomic E-state index is 13.9. The number of nitrogens with one attached hydrogen (secondary N) is 2. The molecule has 0 bridgehead atoms. The van der Waals surface area contributed by atoms with E-state index in [4.69, 9.17) is 14.7 Å². The molecule has 10 heteroatoms. The number of aromatic nitrogens is 4. The van der Waals surface area contributed by atoms with Crippen LogP contribution in [0.3, 0.4) is 0 Å². The Hall–Kier alpha value is -5.06. The number of H-pyrrole nitrogens is 2. The smallest absolute Gasteiger partial charge is 0.252 e. The van der Waals surface area contributed by atoms with Crippen LogP contribution in [0.2, 0.25) is 0 Å². The summed E-state index contributed by atoms with van der Waals surface area (Å²) in [6.45, 7) is 2.14. The van der Waals surface area contributed by atoms with Crippen LogP contribution >= 0.6 is 0 Å². The van der Waals surface area contributed by atoms with Gasteiger partial charge in [-0.05, 0) is 80.4 Å². The fourth-order valence-electron chi connectivity index (χ4n) is 8.03. The van der Waals surface area contributed by atoms with Gasteiger partial charge in [-0.25, -0.2) is 9.97 Å². The monoisotopic (exact) mass is 683 g/mol. The van der Waals surface area contributed by atoms with Crippen molar-refractivity contribution in [1.82, 2.24) is 34.6 Å². The van der Waals surface area contributed by atoms with Crippen LogP contribution < -0.4 is 0 Å². The van der Waals surface area contributed by atoms with Crippen LogP contribution in [0.25, 0.3) is 33.6 Å². The van der Waals surface area contributed by atoms with Crippen LogP contribution in [0.5, 0.6) is 0 Å². The average molecular weight is 684 g/mol. The molecule has 8 rings (SSSR count). The topological polar surface area (TPSA) is 110 Å². The summed E-state index contributed by atoms with van der Waals surface area (Å²) in [6, 6.07) is 26.5. The van der Waals surface area contributed by atoms with Gasteiger partial charge in [-0.3, -0.25) is 14.5 Å². The number of likely N-dealkylation sites (N-methyl/N-ethyl adjacent to an activating group) is 1. The third-order valence-electron chi connectivity index (χ3n) is 10.7. The van der Waals surface area contributed by atoms with Gasteiger partial charge in [0.1, 0.15) is 23.8 Å². The van der Waals surface area contributed by atoms with Crippen LogP contribution in [-0.4, -0.2) is 86.3 Å². The average Bonchev–Trinajstić information content (AvgIpc) is 4.01. The summed E-state index contributed by atoms with van der Waals surface area (Å²) in [5.41, 5.74) is 7.21. The van der Waals surface area contributed by atoms with Crippen LogP contribution in [0.15, 0.2) is 91.3 Å². The second kappa shape index (κ2) is 14.3. The number of hydrogen-bond acceptors (Lipinski definition) is 6. The number of benzene rings is 3. The number of likely N-dealkylation sites (tertiary alicyclic amines) is 2. The molecule has 3 saturated heterocycles. The molecule has 2 N–H and O–H groups in total. The van der Waals surface area contributed by atoms with Crippen molar-refractivity contribution in [3.63, 3.8) is 0 Å². The van der Waals surface area contributed by atoms with Crippen LogP contribution in [0, 0.1) is 0 Å². The molecule has 5 aromatic rings. The van der Waals surface area contributed by atoms with Crippen molar-refractivity contribution in [1.29, 1.82) is 0 Å². The molecule has 2 aromatic heterocycles. The number of amides is 2. The number of imidazole rings is 2. The number of aromatic amines is 2. The van der Waals surface area contributed by atoms with Gasteiger partial charge in [-0.2, -0.15) is 0 Å². The van der Waals surface area contributed by atoms with E-state index in [1.807, 2.05) is 71.5 Å². The zero-order valence-electron chi connectivity index (χ0n) is 29.3. The molecule has 3 aliphatic heterocycles. The van der Waals surface area contributed by atoms with E-state index in [9.17, 15) is 9.59 Å². The second-order valence-electron chi connectivity index (χ2n) is 14.2. The summed E-state index contributed by atoms with van der Waals surface area (Å²) >= 11 is 0. The summed E-state index contributed by atoms with van der Waals surface area (Å²) in [6.07, 6.45) is 8.91. The van der Waals surface area contributed by atoms with Crippen LogP contribution in [-0.2, 0) is 14.3 Å². The molecule has 0 saturated carbocycles. The van der Waals surface area contributed by atoms with E-state index in [2.05, 4.69) is 58.5 Å². The first kappa shape index (κ1) is 33.1. The first-order valence-electron chi connectivity index (χ1n) is 18.2. The molecule has 0 spiro atoms. The minimum absolute atomic E-state index is 0.0335. The predicted octanol–water partition coefficient (Wildman–Crippen LogP) is 6.94. The van der Waals surface area contributed by atoms with Crippen LogP contribution in [0.4, 0.5) is 0 Å². The van der Waals surface area contributed by atoms with Gasteiger partial charge in [-0.1, -0.05) is 78.9 Å². The molecule has 3 fully saturated rings. The largest absolute Gasteiger partial charge is 0.368 e. The molecule has 5 heterocycles. The highest BCUT2D eigenvalue weighted by molar-refractivity contribution is 5.84. The van der Waals surface area contributed by atoms with Gasteiger partial charge in [0, 0.05) is 19.7 Å². The molecule has 51 heavy (non-hydrogen) atoms. The van der Waals surface area contributed by atoms with Gasteiger partial charge in [0.2, 0.25) is 5.91 Å². The lowest BCUT2D eigenvalue weighted by Gasteiger charge is -2.31. The van der Waals surface area contributed by atoms with E-state index in [1.54, 1.807) is 0 Å². The minimum atomic E-state index is -0.337. The Bertz CT molecular complexity index is 1960. The lowest BCUT2D eigenvalue weighted by atomic mass is 10.0. The molecule has 0 aliphatic carbocycles. The van der Waals surface area contributed by atoms with Crippen molar-refractivity contribution in [3.05, 3.63) is 108 Å². The Morgan fingerprint density at radius 1 is 0.706 bits per heavy atom. The Balaban J connectivity index is 0.930. The SMILES string of the molecule is CN(C)[C@@H](C(=O)N1CCCC1c1ncc(-c2ccc(-c3ccc(-c4cnc(C5CCCN5C(=O)[C@H]5CCCO5)[nH]4)cc3)cc2)[nH]1)c1ccccc1. The zero-order valence-corrected chi connectivity index (χ0v) is 29.3. The lowest BCUT2D eigenvalue weighted by molar-refractivity contribution is -0.142. The van der Waals surface area contributed by atoms with E-state index in [0.717, 1.165) is 102 Å². The summed E-state index contributed by atoms with van der Waals surface area (Å²) in [5.74, 6) is 1.88. The summed E-state index contributed by atoms with van der Waals surface area (Å²) in [7, 11) is 3.92. The molecular formula is C41H45N7O3. The predicted molar refractivity (Wildman–Crippen MR) is 196 cm³/mol. The minimum Gasteiger partial charge on any atom is -0.368 e. The number of carbonyl (C=O) groups excluding carboxylic acids is 2. The van der Waals surface area contributed by atoms with Gasteiger partial charge < -0.3 is 24.5 Å². The first-order valence-corrected chi connectivity index (χ1v) is 18.2. The molecule has 2 amide bonds. The van der Waals surface area contributed by atoms with Crippen molar-refractivity contribution in [2.75, 3.05) is 33.8 Å². The highest BCUT2D eigenvalue weighted by Crippen LogP contribution is 2.36. The molecule has 262 valence electrons. The number of carbonyl (C=O) groups is 2. The van der Waals surface area contributed by atoms with Crippen LogP contribution in [0.1, 0.15) is 73.9 Å². The maximum atomic E-state index is 13.9. The third-order valence-corrected chi connectivity index (χ3v) is 10.7. The van der Waals surface area contributed by atoms with Crippen molar-refractivity contribution < 1.29 is 14.3 Å². The Kier molecular flexibility index (Phi) is 9.27. The molecule has 3 aliphatic rings. The van der Waals surface area contributed by atoms with Gasteiger partial charge in [0.05, 0.1) is 35.9 Å². The number of nitrogens with zero attached hydrogens (tertiary/aromatic N) is 5. The fourth-order valence-corrected chi connectivity index (χ4v) is 8.03. The molecule has 3 aromatic carbocycles. The molecule has 2 unspecified atom stereocenters. The lowest BCUT2D eigenvalue weighted by Crippen LogP contribution is -2.40. The third kappa shape index (κ3) is 6.61. The standard InChI is InChI=1S/C41H45N7O3/c1-46(2)37(31-9-4-3-5-10-31)41(50)48-23-7-12-35(48)39-43-26-33(45-39)30-20-16-28(17-21-30)27-14-18-29(19-15-27)32-25-42-38(44-32)34-11-6-22-47(34)40(49)36-13-8-24-51-36/h3-5,9-10,14-21,25-26,34-37H,6-8,11-13,22-24H2,1-2H3,(H,42,44)(H,43,45)/t34?,35?,36-,37-/m1/s1. The van der Waals surface area contributed by atoms with E-state index < -0.39 is 0 Å². The van der Waals surface area contributed by atoms with Gasteiger partial charge in [0.15, 0.2) is 0 Å². The number of ether oxygens (including phenoxy) is 1. The van der Waals surface area contributed by atoms with Crippen molar-refractivity contribution in [3.8, 4) is 33.6 Å². The molecule has 0 radical (unpaired) electrons. The first-order chi connectivity index (χ1) is 24.9. The number of hydrogen-bond donors (Lipinski definition) is 2. The summed E-state index contributed by atoms with van der Waals surface area (Å²) in [4.78, 5) is 49.4. The van der Waals surface area contributed by atoms with Gasteiger partial charge in [-0.15, -0.1) is 0 Å². The fraction of sp³-hybridized carbons (Fsp3) is 0.366. The second-order valence-corrected chi connectivity index (χ2v) is 14.2. The molecular weight excluding hydrogens is 638 g/mol. The Morgan fingerprint density at radius 2 is 1.24 bits per heavy atom. The van der Waals surface area contributed by atoms with E-state index in [-0.39, 0.29) is 36.0 Å². The zero-order chi connectivity index (χ0) is 34.9. The molecule has 10 nitrogen and oxygen atoms in total.